The number of para-hydroxylation sites is 1. The number of nitrogens with zero attached hydrogens (tertiary/aromatic N) is 3. The van der Waals surface area contributed by atoms with E-state index in [0.717, 1.165) is 5.69 Å². The Morgan fingerprint density at radius 1 is 1.40 bits per heavy atom. The number of anilines is 1. The van der Waals surface area contributed by atoms with Gasteiger partial charge in [-0.3, -0.25) is 0 Å². The molecule has 0 atom stereocenters. The molecule has 0 unspecified atom stereocenters. The van der Waals surface area contributed by atoms with E-state index < -0.39 is 0 Å². The minimum Gasteiger partial charge on any atom is -0.377 e. The lowest BCUT2D eigenvalue weighted by molar-refractivity contribution is 0.411. The largest absolute Gasteiger partial charge is 0.377 e. The van der Waals surface area contributed by atoms with E-state index >= 15 is 0 Å². The van der Waals surface area contributed by atoms with Crippen molar-refractivity contribution in [1.29, 1.82) is 5.26 Å². The summed E-state index contributed by atoms with van der Waals surface area (Å²) in [5, 5.41) is 15.6. The molecule has 0 aliphatic carbocycles. The summed E-state index contributed by atoms with van der Waals surface area (Å²) in [5.74, 6) is 0.558. The van der Waals surface area contributed by atoms with Crippen molar-refractivity contribution in [3.63, 3.8) is 0 Å². The zero-order chi connectivity index (χ0) is 10.5. The lowest BCUT2D eigenvalue weighted by atomic mass is 10.2. The van der Waals surface area contributed by atoms with E-state index in [4.69, 9.17) is 5.26 Å². The zero-order valence-electron chi connectivity index (χ0n) is 7.84. The fraction of sp³-hybridized carbons (Fsp3) is 0.100. The molecule has 0 aliphatic heterocycles. The number of hydrogen-bond acceptors (Lipinski definition) is 5. The number of benzene rings is 1. The summed E-state index contributed by atoms with van der Waals surface area (Å²) in [7, 11) is 0. The van der Waals surface area contributed by atoms with Crippen molar-refractivity contribution in [2.45, 2.75) is 6.54 Å². The molecule has 0 spiro atoms. The van der Waals surface area contributed by atoms with Crippen LogP contribution in [0.25, 0.3) is 0 Å². The molecule has 1 heterocycles. The van der Waals surface area contributed by atoms with Crippen LogP contribution in [-0.4, -0.2) is 10.1 Å². The van der Waals surface area contributed by atoms with E-state index in [1.54, 1.807) is 6.07 Å². The topological polar surface area (TPSA) is 74.7 Å². The van der Waals surface area contributed by atoms with Crippen molar-refractivity contribution in [3.8, 4) is 6.07 Å². The molecule has 0 fully saturated rings. The maximum atomic E-state index is 8.84. The Hall–Kier alpha value is -2.35. The first kappa shape index (κ1) is 9.21. The number of hydrogen-bond donors (Lipinski definition) is 1. The van der Waals surface area contributed by atoms with Gasteiger partial charge < -0.3 is 9.84 Å². The van der Waals surface area contributed by atoms with Gasteiger partial charge in [0, 0.05) is 0 Å². The summed E-state index contributed by atoms with van der Waals surface area (Å²) >= 11 is 0. The Morgan fingerprint density at radius 2 is 2.27 bits per heavy atom. The summed E-state index contributed by atoms with van der Waals surface area (Å²) in [4.78, 5) is 3.86. The van der Waals surface area contributed by atoms with Crippen LogP contribution >= 0.6 is 0 Å². The van der Waals surface area contributed by atoms with Crippen molar-refractivity contribution in [3.05, 3.63) is 42.0 Å². The number of aromatic nitrogens is 2. The van der Waals surface area contributed by atoms with Crippen LogP contribution in [0.1, 0.15) is 11.4 Å². The predicted molar refractivity (Wildman–Crippen MR) is 52.8 cm³/mol. The third-order valence-electron chi connectivity index (χ3n) is 1.89. The summed E-state index contributed by atoms with van der Waals surface area (Å²) in [6.45, 7) is 0.440. The highest BCUT2D eigenvalue weighted by molar-refractivity contribution is 5.56. The molecular formula is C10H8N4O. The Morgan fingerprint density at radius 3 is 3.00 bits per heavy atom. The van der Waals surface area contributed by atoms with Gasteiger partial charge >= 0.3 is 0 Å². The molecule has 0 radical (unpaired) electrons. The highest BCUT2D eigenvalue weighted by atomic mass is 16.5. The Balaban J connectivity index is 2.08. The first-order chi connectivity index (χ1) is 7.40. The molecule has 0 saturated carbocycles. The highest BCUT2D eigenvalue weighted by Gasteiger charge is 2.01. The molecule has 0 aliphatic rings. The maximum Gasteiger partial charge on any atom is 0.213 e. The second-order valence-electron chi connectivity index (χ2n) is 2.86. The quantitative estimate of drug-likeness (QED) is 0.813. The van der Waals surface area contributed by atoms with Crippen LogP contribution < -0.4 is 5.32 Å². The minimum atomic E-state index is 0.440. The van der Waals surface area contributed by atoms with Gasteiger partial charge in [0.25, 0.3) is 0 Å². The van der Waals surface area contributed by atoms with E-state index in [0.29, 0.717) is 17.9 Å². The SMILES string of the molecule is N#Cc1ccccc1NCc1ncon1. The fourth-order valence-corrected chi connectivity index (χ4v) is 1.18. The molecule has 0 bridgehead atoms. The third-order valence-corrected chi connectivity index (χ3v) is 1.89. The molecule has 0 saturated heterocycles. The highest BCUT2D eigenvalue weighted by Crippen LogP contribution is 2.13. The molecule has 2 aromatic rings. The van der Waals surface area contributed by atoms with E-state index in [1.165, 1.54) is 6.39 Å². The summed E-state index contributed by atoms with van der Waals surface area (Å²) in [6.07, 6.45) is 1.27. The van der Waals surface area contributed by atoms with E-state index in [1.807, 2.05) is 18.2 Å². The molecule has 1 N–H and O–H groups in total. The van der Waals surface area contributed by atoms with Gasteiger partial charge in [-0.25, -0.2) is 0 Å². The summed E-state index contributed by atoms with van der Waals surface area (Å²) in [5.41, 5.74) is 1.37. The third kappa shape index (κ3) is 2.11. The van der Waals surface area contributed by atoms with Gasteiger partial charge in [0.1, 0.15) is 6.07 Å². The fourth-order valence-electron chi connectivity index (χ4n) is 1.18. The van der Waals surface area contributed by atoms with Gasteiger partial charge in [0.2, 0.25) is 6.39 Å². The van der Waals surface area contributed by atoms with Crippen molar-refractivity contribution >= 4 is 5.69 Å². The summed E-state index contributed by atoms with van der Waals surface area (Å²) < 4.78 is 4.59. The van der Waals surface area contributed by atoms with Crippen molar-refractivity contribution in [1.82, 2.24) is 10.1 Å². The summed E-state index contributed by atoms with van der Waals surface area (Å²) in [6, 6.07) is 9.36. The Bertz CT molecular complexity index is 472. The van der Waals surface area contributed by atoms with E-state index in [2.05, 4.69) is 26.0 Å². The monoisotopic (exact) mass is 200 g/mol. The molecule has 1 aromatic carbocycles. The zero-order valence-corrected chi connectivity index (χ0v) is 7.84. The molecular weight excluding hydrogens is 192 g/mol. The maximum absolute atomic E-state index is 8.84. The Labute approximate surface area is 86.3 Å². The standard InChI is InChI=1S/C10H8N4O/c11-5-8-3-1-2-4-9(8)12-6-10-13-7-15-14-10/h1-4,7,12H,6H2. The van der Waals surface area contributed by atoms with Gasteiger partial charge in [-0.15, -0.1) is 0 Å². The van der Waals surface area contributed by atoms with Crippen LogP contribution in [0, 0.1) is 11.3 Å². The van der Waals surface area contributed by atoms with Crippen LogP contribution in [0.5, 0.6) is 0 Å². The molecule has 5 nitrogen and oxygen atoms in total. The second kappa shape index (κ2) is 4.24. The lowest BCUT2D eigenvalue weighted by Gasteiger charge is -2.04. The van der Waals surface area contributed by atoms with E-state index in [9.17, 15) is 0 Å². The number of nitrogens with one attached hydrogen (secondary N) is 1. The molecule has 15 heavy (non-hydrogen) atoms. The molecule has 74 valence electrons. The second-order valence-corrected chi connectivity index (χ2v) is 2.86. The van der Waals surface area contributed by atoms with Crippen LogP contribution in [0.2, 0.25) is 0 Å². The van der Waals surface area contributed by atoms with Crippen LogP contribution in [0.3, 0.4) is 0 Å². The normalized spacial score (nSPS) is 9.53. The smallest absolute Gasteiger partial charge is 0.213 e. The lowest BCUT2D eigenvalue weighted by Crippen LogP contribution is -2.02. The van der Waals surface area contributed by atoms with Gasteiger partial charge in [0.05, 0.1) is 17.8 Å². The first-order valence-electron chi connectivity index (χ1n) is 4.38. The first-order valence-corrected chi connectivity index (χ1v) is 4.38. The van der Waals surface area contributed by atoms with Gasteiger partial charge in [-0.05, 0) is 12.1 Å². The van der Waals surface area contributed by atoms with Crippen LogP contribution in [0.4, 0.5) is 5.69 Å². The van der Waals surface area contributed by atoms with Gasteiger partial charge in [-0.2, -0.15) is 10.2 Å². The molecule has 0 amide bonds. The number of nitriles is 1. The van der Waals surface area contributed by atoms with Crippen molar-refractivity contribution in [2.75, 3.05) is 5.32 Å². The van der Waals surface area contributed by atoms with Crippen LogP contribution in [-0.2, 0) is 6.54 Å². The molecule has 5 heteroatoms. The molecule has 2 rings (SSSR count). The Kier molecular flexibility index (Phi) is 2.61. The minimum absolute atomic E-state index is 0.440. The van der Waals surface area contributed by atoms with E-state index in [-0.39, 0.29) is 0 Å². The number of rotatable bonds is 3. The average molecular weight is 200 g/mol. The average Bonchev–Trinajstić information content (AvgIpc) is 2.79. The van der Waals surface area contributed by atoms with Crippen LogP contribution in [0.15, 0.2) is 35.2 Å². The predicted octanol–water partition coefficient (Wildman–Crippen LogP) is 1.55. The van der Waals surface area contributed by atoms with Crippen molar-refractivity contribution in [2.24, 2.45) is 0 Å². The van der Waals surface area contributed by atoms with Gasteiger partial charge in [-0.1, -0.05) is 17.3 Å². The van der Waals surface area contributed by atoms with Crippen molar-refractivity contribution < 1.29 is 4.52 Å². The van der Waals surface area contributed by atoms with Gasteiger partial charge in [0.15, 0.2) is 5.82 Å². The molecule has 1 aromatic heterocycles.